The van der Waals surface area contributed by atoms with Crippen molar-refractivity contribution in [2.24, 2.45) is 4.99 Å². The highest BCUT2D eigenvalue weighted by Gasteiger charge is 2.21. The highest BCUT2D eigenvalue weighted by molar-refractivity contribution is 5.98. The number of amidine groups is 1. The highest BCUT2D eigenvalue weighted by atomic mass is 16.3. The van der Waals surface area contributed by atoms with Crippen LogP contribution in [-0.4, -0.2) is 84.0 Å². The van der Waals surface area contributed by atoms with Crippen LogP contribution in [0.3, 0.4) is 0 Å². The first-order valence-corrected chi connectivity index (χ1v) is 7.13. The molecule has 6 nitrogen and oxygen atoms in total. The minimum absolute atomic E-state index is 0.0752. The highest BCUT2D eigenvalue weighted by Crippen LogP contribution is 2.03. The number of amides is 1. The van der Waals surface area contributed by atoms with E-state index in [1.165, 1.54) is 6.20 Å². The lowest BCUT2D eigenvalue weighted by Crippen LogP contribution is -2.51. The molecule has 0 unspecified atom stereocenters. The summed E-state index contributed by atoms with van der Waals surface area (Å²) in [6.07, 6.45) is 1.46. The van der Waals surface area contributed by atoms with Crippen molar-refractivity contribution >= 4 is 11.7 Å². The second-order valence-corrected chi connectivity index (χ2v) is 4.84. The van der Waals surface area contributed by atoms with Crippen LogP contribution in [0.1, 0.15) is 13.8 Å². The topological polar surface area (TPSA) is 59.4 Å². The molecule has 0 spiro atoms. The molecule has 1 rings (SSSR count). The molecule has 1 amide bonds. The summed E-state index contributed by atoms with van der Waals surface area (Å²) in [7, 11) is 0. The second kappa shape index (κ2) is 8.84. The Morgan fingerprint density at radius 1 is 1.35 bits per heavy atom. The summed E-state index contributed by atoms with van der Waals surface area (Å²) in [5.41, 5.74) is 0. The summed E-state index contributed by atoms with van der Waals surface area (Å²) in [6.45, 7) is 12.8. The Labute approximate surface area is 121 Å². The molecular weight excluding hydrogens is 256 g/mol. The van der Waals surface area contributed by atoms with Crippen LogP contribution in [0.25, 0.3) is 0 Å². The van der Waals surface area contributed by atoms with Crippen LogP contribution in [-0.2, 0) is 4.79 Å². The Balaban J connectivity index is 2.46. The van der Waals surface area contributed by atoms with Crippen molar-refractivity contribution in [3.8, 4) is 0 Å². The van der Waals surface area contributed by atoms with Crippen molar-refractivity contribution in [1.29, 1.82) is 0 Å². The molecule has 0 aromatic rings. The third-order valence-corrected chi connectivity index (χ3v) is 3.53. The van der Waals surface area contributed by atoms with E-state index in [-0.39, 0.29) is 12.5 Å². The second-order valence-electron chi connectivity index (χ2n) is 4.84. The minimum atomic E-state index is 0.0752. The molecular formula is C14H26N4O2. The first kappa shape index (κ1) is 16.8. The molecule has 0 saturated carbocycles. The van der Waals surface area contributed by atoms with Gasteiger partial charge in [0.25, 0.3) is 0 Å². The predicted molar refractivity (Wildman–Crippen MR) is 80.7 cm³/mol. The lowest BCUT2D eigenvalue weighted by molar-refractivity contribution is -0.128. The lowest BCUT2D eigenvalue weighted by atomic mass is 10.3. The molecule has 1 aliphatic heterocycles. The molecule has 0 radical (unpaired) electrons. The Kier molecular flexibility index (Phi) is 7.43. The predicted octanol–water partition coefficient (Wildman–Crippen LogP) is 0.00670. The van der Waals surface area contributed by atoms with Crippen LogP contribution in [0, 0.1) is 0 Å². The van der Waals surface area contributed by atoms with Gasteiger partial charge in [0.1, 0.15) is 5.84 Å². The monoisotopic (exact) mass is 282 g/mol. The Morgan fingerprint density at radius 2 is 1.95 bits per heavy atom. The van der Waals surface area contributed by atoms with Crippen LogP contribution in [0.15, 0.2) is 17.8 Å². The van der Waals surface area contributed by atoms with Gasteiger partial charge in [0.05, 0.1) is 13.2 Å². The molecule has 0 aromatic heterocycles. The SMILES string of the molecule is C=C/N=C(\C)N(CC)C(=O)CN1CCN(CCO)CC1. The molecule has 0 aliphatic carbocycles. The normalized spacial score (nSPS) is 18.1. The van der Waals surface area contributed by atoms with E-state index in [1.807, 2.05) is 13.8 Å². The molecule has 0 bridgehead atoms. The molecule has 0 aromatic carbocycles. The molecule has 1 fully saturated rings. The summed E-state index contributed by atoms with van der Waals surface area (Å²) in [5.74, 6) is 0.762. The van der Waals surface area contributed by atoms with Gasteiger partial charge < -0.3 is 5.11 Å². The Morgan fingerprint density at radius 3 is 2.45 bits per heavy atom. The number of nitrogens with zero attached hydrogens (tertiary/aromatic N) is 4. The van der Waals surface area contributed by atoms with Crippen LogP contribution in [0.2, 0.25) is 0 Å². The van der Waals surface area contributed by atoms with Gasteiger partial charge in [0.15, 0.2) is 0 Å². The third kappa shape index (κ3) is 5.03. The molecule has 6 heteroatoms. The largest absolute Gasteiger partial charge is 0.395 e. The summed E-state index contributed by atoms with van der Waals surface area (Å²) >= 11 is 0. The number of piperazine rings is 1. The molecule has 1 saturated heterocycles. The van der Waals surface area contributed by atoms with Gasteiger partial charge in [-0.05, 0) is 13.8 Å². The van der Waals surface area contributed by atoms with Crippen LogP contribution in [0.4, 0.5) is 0 Å². The number of carbonyl (C=O) groups excluding carboxylic acids is 1. The number of aliphatic hydroxyl groups excluding tert-OH is 1. The number of hydrogen-bond donors (Lipinski definition) is 1. The summed E-state index contributed by atoms with van der Waals surface area (Å²) < 4.78 is 0. The van der Waals surface area contributed by atoms with Gasteiger partial charge in [-0.25, -0.2) is 4.99 Å². The first-order valence-electron chi connectivity index (χ1n) is 7.13. The number of carbonyl (C=O) groups is 1. The maximum Gasteiger partial charge on any atom is 0.242 e. The molecule has 1 N–H and O–H groups in total. The van der Waals surface area contributed by atoms with Crippen LogP contribution < -0.4 is 0 Å². The van der Waals surface area contributed by atoms with E-state index in [1.54, 1.807) is 4.90 Å². The van der Waals surface area contributed by atoms with E-state index in [4.69, 9.17) is 5.11 Å². The van der Waals surface area contributed by atoms with Crippen molar-refractivity contribution < 1.29 is 9.90 Å². The van der Waals surface area contributed by atoms with E-state index in [0.717, 1.165) is 26.2 Å². The van der Waals surface area contributed by atoms with Gasteiger partial charge in [0.2, 0.25) is 5.91 Å². The van der Waals surface area contributed by atoms with Crippen molar-refractivity contribution in [3.63, 3.8) is 0 Å². The van der Waals surface area contributed by atoms with Gasteiger partial charge >= 0.3 is 0 Å². The quantitative estimate of drug-likeness (QED) is 0.550. The maximum atomic E-state index is 12.3. The van der Waals surface area contributed by atoms with E-state index in [2.05, 4.69) is 21.4 Å². The Bertz CT molecular complexity index is 349. The third-order valence-electron chi connectivity index (χ3n) is 3.53. The van der Waals surface area contributed by atoms with E-state index in [9.17, 15) is 4.79 Å². The molecule has 114 valence electrons. The van der Waals surface area contributed by atoms with E-state index in [0.29, 0.717) is 25.5 Å². The van der Waals surface area contributed by atoms with Gasteiger partial charge in [0, 0.05) is 45.5 Å². The van der Waals surface area contributed by atoms with Gasteiger partial charge in [-0.1, -0.05) is 6.58 Å². The fourth-order valence-corrected chi connectivity index (χ4v) is 2.38. The zero-order valence-corrected chi connectivity index (χ0v) is 12.6. The number of aliphatic imine (C=N–C) groups is 1. The number of likely N-dealkylation sites (N-methyl/N-ethyl adjacent to an activating group) is 1. The Hall–Kier alpha value is -1.24. The molecule has 0 atom stereocenters. The minimum Gasteiger partial charge on any atom is -0.395 e. The average Bonchev–Trinajstić information content (AvgIpc) is 2.42. The summed E-state index contributed by atoms with van der Waals surface area (Å²) in [5, 5.41) is 8.91. The van der Waals surface area contributed by atoms with Crippen molar-refractivity contribution in [2.45, 2.75) is 13.8 Å². The standard InChI is InChI=1S/C14H26N4O2/c1-4-15-13(3)18(5-2)14(20)12-17-8-6-16(7-9-17)10-11-19/h4,19H,1,5-12H2,2-3H3/b15-13+. The maximum absolute atomic E-state index is 12.3. The average molecular weight is 282 g/mol. The summed E-state index contributed by atoms with van der Waals surface area (Å²) in [6, 6.07) is 0. The van der Waals surface area contributed by atoms with E-state index >= 15 is 0 Å². The smallest absolute Gasteiger partial charge is 0.242 e. The number of hydrogen-bond acceptors (Lipinski definition) is 5. The van der Waals surface area contributed by atoms with Crippen LogP contribution in [0.5, 0.6) is 0 Å². The zero-order chi connectivity index (χ0) is 15.0. The number of β-amino-alcohol motifs (C(OH)–C–C–N with tert-alkyl or cyclic N) is 1. The number of aliphatic hydroxyl groups is 1. The van der Waals surface area contributed by atoms with Crippen LogP contribution >= 0.6 is 0 Å². The van der Waals surface area contributed by atoms with Gasteiger partial charge in [-0.2, -0.15) is 0 Å². The zero-order valence-electron chi connectivity index (χ0n) is 12.6. The fourth-order valence-electron chi connectivity index (χ4n) is 2.38. The number of rotatable bonds is 6. The van der Waals surface area contributed by atoms with Gasteiger partial charge in [-0.3, -0.25) is 19.5 Å². The molecule has 1 aliphatic rings. The first-order chi connectivity index (χ1) is 9.62. The van der Waals surface area contributed by atoms with E-state index < -0.39 is 0 Å². The van der Waals surface area contributed by atoms with Crippen molar-refractivity contribution in [1.82, 2.24) is 14.7 Å². The lowest BCUT2D eigenvalue weighted by Gasteiger charge is -2.34. The van der Waals surface area contributed by atoms with Gasteiger partial charge in [-0.15, -0.1) is 0 Å². The summed E-state index contributed by atoms with van der Waals surface area (Å²) in [4.78, 5) is 22.4. The molecule has 1 heterocycles. The van der Waals surface area contributed by atoms with Crippen molar-refractivity contribution in [3.05, 3.63) is 12.8 Å². The molecule has 20 heavy (non-hydrogen) atoms. The fraction of sp³-hybridized carbons (Fsp3) is 0.714. The van der Waals surface area contributed by atoms with Crippen molar-refractivity contribution in [2.75, 3.05) is 52.4 Å².